The van der Waals surface area contributed by atoms with Crippen LogP contribution in [-0.4, -0.2) is 9.39 Å². The van der Waals surface area contributed by atoms with Crippen LogP contribution in [0.2, 0.25) is 0 Å². The highest BCUT2D eigenvalue weighted by atomic mass is 127. The van der Waals surface area contributed by atoms with E-state index >= 15 is 0 Å². The normalized spacial score (nSPS) is 41.5. The third kappa shape index (κ3) is 2.67. The minimum Gasteiger partial charge on any atom is -0.460 e. The molecule has 1 aromatic carbocycles. The monoisotopic (exact) mass is 452 g/mol. The maximum absolute atomic E-state index is 13.5. The highest BCUT2D eigenvalue weighted by Crippen LogP contribution is 2.74. The van der Waals surface area contributed by atoms with Crippen molar-refractivity contribution in [3.05, 3.63) is 35.9 Å². The molecule has 1 aromatic rings. The van der Waals surface area contributed by atoms with Crippen LogP contribution in [0.1, 0.15) is 52.0 Å². The van der Waals surface area contributed by atoms with E-state index < -0.39 is 0 Å². The molecule has 4 rings (SSSR count). The first-order chi connectivity index (χ1) is 11.8. The van der Waals surface area contributed by atoms with Crippen LogP contribution < -0.4 is 0 Å². The Morgan fingerprint density at radius 2 is 1.96 bits per heavy atom. The quantitative estimate of drug-likeness (QED) is 0.329. The summed E-state index contributed by atoms with van der Waals surface area (Å²) in [5, 5.41) is 0. The first kappa shape index (κ1) is 17.8. The molecule has 6 unspecified atom stereocenters. The van der Waals surface area contributed by atoms with E-state index in [1.807, 2.05) is 30.3 Å². The Kier molecular flexibility index (Phi) is 4.45. The minimum absolute atomic E-state index is 0.0000243. The summed E-state index contributed by atoms with van der Waals surface area (Å²) in [5.41, 5.74) is 0.767. The predicted molar refractivity (Wildman–Crippen MR) is 108 cm³/mol. The maximum Gasteiger partial charge on any atom is 0.314 e. The topological polar surface area (TPSA) is 26.3 Å². The van der Waals surface area contributed by atoms with Crippen LogP contribution in [0.5, 0.6) is 0 Å². The number of esters is 1. The summed E-state index contributed by atoms with van der Waals surface area (Å²) in [6, 6.07) is 10.1. The largest absolute Gasteiger partial charge is 0.460 e. The fourth-order valence-corrected chi connectivity index (χ4v) is 7.61. The van der Waals surface area contributed by atoms with Crippen molar-refractivity contribution in [1.29, 1.82) is 0 Å². The Balaban J connectivity index is 1.61. The Morgan fingerprint density at radius 1 is 1.24 bits per heavy atom. The smallest absolute Gasteiger partial charge is 0.314 e. The van der Waals surface area contributed by atoms with Gasteiger partial charge in [0.25, 0.3) is 0 Å². The van der Waals surface area contributed by atoms with Crippen LogP contribution in [0.3, 0.4) is 0 Å². The Labute approximate surface area is 165 Å². The first-order valence-electron chi connectivity index (χ1n) is 9.75. The second-order valence-electron chi connectivity index (χ2n) is 9.21. The number of halogens is 1. The van der Waals surface area contributed by atoms with Gasteiger partial charge in [-0.15, -0.1) is 0 Å². The van der Waals surface area contributed by atoms with E-state index in [0.717, 1.165) is 29.7 Å². The molecular formula is C22H29IO2. The molecule has 0 spiro atoms. The summed E-state index contributed by atoms with van der Waals surface area (Å²) in [6.07, 6.45) is 4.78. The van der Waals surface area contributed by atoms with Crippen LogP contribution in [0.15, 0.2) is 30.3 Å². The molecule has 0 heterocycles. The average Bonchev–Trinajstić information content (AvgIpc) is 2.53. The standard InChI is InChI=1S/C22H29IO2/c1-14(2)11-22(20(24)25-13-15-7-5-4-6-8-15)18-10-16-9-17(19(16)18)12-21(22,3)23/h4-8,14,16-19H,9-13H2,1-3H3. The van der Waals surface area contributed by atoms with E-state index in [0.29, 0.717) is 18.4 Å². The molecule has 3 aliphatic rings. The molecule has 0 N–H and O–H groups in total. The molecule has 0 aliphatic heterocycles. The molecule has 0 saturated heterocycles. The molecule has 0 radical (unpaired) electrons. The summed E-state index contributed by atoms with van der Waals surface area (Å²) in [7, 11) is 0. The van der Waals surface area contributed by atoms with E-state index in [9.17, 15) is 4.79 Å². The van der Waals surface area contributed by atoms with Crippen molar-refractivity contribution in [1.82, 2.24) is 0 Å². The molecule has 6 atom stereocenters. The highest BCUT2D eigenvalue weighted by Gasteiger charge is 2.72. The Morgan fingerprint density at radius 3 is 2.60 bits per heavy atom. The molecule has 3 fully saturated rings. The Hall–Kier alpha value is -0.580. The van der Waals surface area contributed by atoms with Gasteiger partial charge in [-0.25, -0.2) is 0 Å². The molecule has 0 amide bonds. The van der Waals surface area contributed by atoms with Gasteiger partial charge in [0, 0.05) is 3.42 Å². The van der Waals surface area contributed by atoms with Crippen molar-refractivity contribution in [2.75, 3.05) is 0 Å². The van der Waals surface area contributed by atoms with Crippen molar-refractivity contribution >= 4 is 28.6 Å². The van der Waals surface area contributed by atoms with Crippen molar-refractivity contribution in [2.45, 2.75) is 56.5 Å². The number of carbonyl (C=O) groups excluding carboxylic acids is 1. The summed E-state index contributed by atoms with van der Waals surface area (Å²) in [6.45, 7) is 7.22. The van der Waals surface area contributed by atoms with E-state index in [-0.39, 0.29) is 14.8 Å². The fraction of sp³-hybridized carbons (Fsp3) is 0.682. The van der Waals surface area contributed by atoms with Crippen molar-refractivity contribution in [3.8, 4) is 0 Å². The van der Waals surface area contributed by atoms with Crippen LogP contribution in [-0.2, 0) is 16.1 Å². The van der Waals surface area contributed by atoms with Gasteiger partial charge in [0.05, 0.1) is 5.41 Å². The lowest BCUT2D eigenvalue weighted by Crippen LogP contribution is -2.70. The first-order valence-corrected chi connectivity index (χ1v) is 10.8. The number of ether oxygens (including phenoxy) is 1. The van der Waals surface area contributed by atoms with E-state index in [4.69, 9.17) is 4.74 Å². The van der Waals surface area contributed by atoms with Gasteiger partial charge in [-0.2, -0.15) is 0 Å². The molecule has 0 aromatic heterocycles. The van der Waals surface area contributed by atoms with Crippen molar-refractivity contribution < 1.29 is 9.53 Å². The van der Waals surface area contributed by atoms with Gasteiger partial charge in [0.2, 0.25) is 0 Å². The zero-order valence-corrected chi connectivity index (χ0v) is 17.7. The van der Waals surface area contributed by atoms with Gasteiger partial charge in [-0.05, 0) is 67.8 Å². The second-order valence-corrected chi connectivity index (χ2v) is 11.6. The van der Waals surface area contributed by atoms with Gasteiger partial charge in [-0.1, -0.05) is 66.8 Å². The van der Waals surface area contributed by atoms with Gasteiger partial charge < -0.3 is 4.74 Å². The highest BCUT2D eigenvalue weighted by molar-refractivity contribution is 14.1. The SMILES string of the molecule is CC(C)CC1(C(=O)OCc2ccccc2)C2CC3CC(CC1(C)I)C32. The van der Waals surface area contributed by atoms with E-state index in [1.165, 1.54) is 19.3 Å². The molecule has 2 nitrogen and oxygen atoms in total. The summed E-state index contributed by atoms with van der Waals surface area (Å²) < 4.78 is 5.97. The lowest BCUT2D eigenvalue weighted by Gasteiger charge is -2.71. The molecular weight excluding hydrogens is 423 g/mol. The van der Waals surface area contributed by atoms with Gasteiger partial charge in [-0.3, -0.25) is 4.79 Å². The third-order valence-corrected chi connectivity index (χ3v) is 8.63. The zero-order valence-electron chi connectivity index (χ0n) is 15.5. The molecule has 136 valence electrons. The Bertz CT molecular complexity index is 653. The predicted octanol–water partition coefficient (Wildman–Crippen LogP) is 5.63. The summed E-state index contributed by atoms with van der Waals surface area (Å²) in [5.74, 6) is 3.66. The number of carbonyl (C=O) groups is 1. The van der Waals surface area contributed by atoms with Gasteiger partial charge in [0.1, 0.15) is 6.61 Å². The third-order valence-electron chi connectivity index (χ3n) is 7.23. The number of hydrogen-bond acceptors (Lipinski definition) is 2. The lowest BCUT2D eigenvalue weighted by molar-refractivity contribution is -0.219. The van der Waals surface area contributed by atoms with E-state index in [2.05, 4.69) is 43.4 Å². The lowest BCUT2D eigenvalue weighted by atomic mass is 9.35. The fourth-order valence-electron chi connectivity index (χ4n) is 6.21. The second kappa shape index (κ2) is 6.24. The molecule has 25 heavy (non-hydrogen) atoms. The minimum atomic E-state index is -0.311. The van der Waals surface area contributed by atoms with Crippen molar-refractivity contribution in [2.24, 2.45) is 35.0 Å². The van der Waals surface area contributed by atoms with Crippen LogP contribution in [0, 0.1) is 35.0 Å². The number of hydrogen-bond donors (Lipinski definition) is 0. The van der Waals surface area contributed by atoms with Crippen molar-refractivity contribution in [3.63, 3.8) is 0 Å². The molecule has 0 bridgehead atoms. The molecule has 3 heteroatoms. The number of alkyl halides is 1. The summed E-state index contributed by atoms with van der Waals surface area (Å²) in [4.78, 5) is 13.5. The van der Waals surface area contributed by atoms with Crippen LogP contribution >= 0.6 is 22.6 Å². The van der Waals surface area contributed by atoms with Gasteiger partial charge in [0.15, 0.2) is 0 Å². The maximum atomic E-state index is 13.5. The molecule has 3 aliphatic carbocycles. The number of benzene rings is 1. The summed E-state index contributed by atoms with van der Waals surface area (Å²) >= 11 is 2.61. The van der Waals surface area contributed by atoms with E-state index in [1.54, 1.807) is 0 Å². The van der Waals surface area contributed by atoms with Crippen LogP contribution in [0.4, 0.5) is 0 Å². The van der Waals surface area contributed by atoms with Crippen LogP contribution in [0.25, 0.3) is 0 Å². The zero-order chi connectivity index (χ0) is 17.8. The average molecular weight is 452 g/mol. The molecule has 3 saturated carbocycles. The number of rotatable bonds is 5. The van der Waals surface area contributed by atoms with Gasteiger partial charge >= 0.3 is 5.97 Å².